The van der Waals surface area contributed by atoms with Crippen LogP contribution in [0, 0.1) is 6.92 Å². The third-order valence-corrected chi connectivity index (χ3v) is 3.62. The molecule has 3 N–H and O–H groups in total. The zero-order chi connectivity index (χ0) is 14.0. The van der Waals surface area contributed by atoms with E-state index in [9.17, 15) is 0 Å². The molecule has 1 heterocycles. The average Bonchev–Trinajstić information content (AvgIpc) is 2.37. The van der Waals surface area contributed by atoms with Gasteiger partial charge in [0.25, 0.3) is 0 Å². The number of nitrogens with zero attached hydrogens (tertiary/aromatic N) is 2. The summed E-state index contributed by atoms with van der Waals surface area (Å²) in [4.78, 5) is 8.68. The first-order valence-electron chi connectivity index (χ1n) is 5.86. The van der Waals surface area contributed by atoms with Crippen LogP contribution < -0.4 is 11.1 Å². The highest BCUT2D eigenvalue weighted by Crippen LogP contribution is 2.30. The van der Waals surface area contributed by atoms with Crippen molar-refractivity contribution in [2.45, 2.75) is 20.3 Å². The van der Waals surface area contributed by atoms with Gasteiger partial charge in [-0.2, -0.15) is 0 Å². The summed E-state index contributed by atoms with van der Waals surface area (Å²) in [6.07, 6.45) is 0.737. The lowest BCUT2D eigenvalue weighted by molar-refractivity contribution is 0.940. The van der Waals surface area contributed by atoms with Gasteiger partial charge in [-0.1, -0.05) is 18.5 Å². The summed E-state index contributed by atoms with van der Waals surface area (Å²) >= 11 is 9.38. The number of hydrogen-bond donors (Lipinski definition) is 2. The molecule has 1 aromatic carbocycles. The van der Waals surface area contributed by atoms with Crippen LogP contribution in [0.15, 0.2) is 22.7 Å². The molecule has 0 saturated carbocycles. The van der Waals surface area contributed by atoms with E-state index >= 15 is 0 Å². The fourth-order valence-corrected chi connectivity index (χ4v) is 2.36. The van der Waals surface area contributed by atoms with Crippen molar-refractivity contribution in [3.8, 4) is 0 Å². The standard InChI is InChI=1S/C13H14BrClN4/c1-3-11-18-12(16)7(2)13(19-11)17-10-5-4-8(15)6-9(10)14/h4-6H,3H2,1-2H3,(H3,16,17,18,19). The number of nitrogen functional groups attached to an aromatic ring is 1. The molecule has 0 atom stereocenters. The van der Waals surface area contributed by atoms with E-state index in [2.05, 4.69) is 31.2 Å². The highest BCUT2D eigenvalue weighted by Gasteiger charge is 2.09. The average molecular weight is 342 g/mol. The molecule has 2 aromatic rings. The van der Waals surface area contributed by atoms with Gasteiger partial charge in [-0.25, -0.2) is 9.97 Å². The molecule has 0 radical (unpaired) electrons. The number of benzene rings is 1. The Balaban J connectivity index is 2.40. The molecular formula is C13H14BrClN4. The SMILES string of the molecule is CCc1nc(N)c(C)c(Nc2ccc(Cl)cc2Br)n1. The smallest absolute Gasteiger partial charge is 0.139 e. The van der Waals surface area contributed by atoms with Crippen LogP contribution in [0.1, 0.15) is 18.3 Å². The molecule has 2 rings (SSSR count). The molecule has 0 saturated heterocycles. The molecule has 0 aliphatic heterocycles. The summed E-state index contributed by atoms with van der Waals surface area (Å²) in [6.45, 7) is 3.88. The fourth-order valence-electron chi connectivity index (χ4n) is 1.58. The number of rotatable bonds is 3. The Morgan fingerprint density at radius 1 is 1.37 bits per heavy atom. The second-order valence-corrected chi connectivity index (χ2v) is 5.39. The number of nitrogens with two attached hydrogens (primary N) is 1. The zero-order valence-corrected chi connectivity index (χ0v) is 13.0. The van der Waals surface area contributed by atoms with Gasteiger partial charge in [0.05, 0.1) is 5.69 Å². The largest absolute Gasteiger partial charge is 0.383 e. The van der Waals surface area contributed by atoms with E-state index in [4.69, 9.17) is 17.3 Å². The first kappa shape index (κ1) is 14.1. The minimum atomic E-state index is 0.499. The number of hydrogen-bond acceptors (Lipinski definition) is 4. The van der Waals surface area contributed by atoms with Gasteiger partial charge in [0.1, 0.15) is 17.5 Å². The van der Waals surface area contributed by atoms with E-state index in [1.807, 2.05) is 32.0 Å². The minimum Gasteiger partial charge on any atom is -0.383 e. The van der Waals surface area contributed by atoms with Crippen LogP contribution in [0.2, 0.25) is 5.02 Å². The van der Waals surface area contributed by atoms with Crippen molar-refractivity contribution in [2.75, 3.05) is 11.1 Å². The zero-order valence-electron chi connectivity index (χ0n) is 10.7. The summed E-state index contributed by atoms with van der Waals surface area (Å²) in [7, 11) is 0. The van der Waals surface area contributed by atoms with E-state index in [-0.39, 0.29) is 0 Å². The van der Waals surface area contributed by atoms with Crippen molar-refractivity contribution in [3.63, 3.8) is 0 Å². The Labute approximate surface area is 125 Å². The van der Waals surface area contributed by atoms with E-state index < -0.39 is 0 Å². The Morgan fingerprint density at radius 2 is 2.11 bits per heavy atom. The van der Waals surface area contributed by atoms with E-state index in [1.54, 1.807) is 0 Å². The molecule has 4 nitrogen and oxygen atoms in total. The first-order chi connectivity index (χ1) is 9.01. The predicted octanol–water partition coefficient (Wildman–Crippen LogP) is 4.09. The quantitative estimate of drug-likeness (QED) is 0.882. The van der Waals surface area contributed by atoms with E-state index in [1.165, 1.54) is 0 Å². The molecule has 0 amide bonds. The van der Waals surface area contributed by atoms with Gasteiger partial charge >= 0.3 is 0 Å². The topological polar surface area (TPSA) is 63.8 Å². The molecule has 19 heavy (non-hydrogen) atoms. The maximum atomic E-state index is 5.92. The fraction of sp³-hybridized carbons (Fsp3) is 0.231. The molecular weight excluding hydrogens is 328 g/mol. The normalized spacial score (nSPS) is 10.5. The lowest BCUT2D eigenvalue weighted by atomic mass is 10.2. The second-order valence-electron chi connectivity index (χ2n) is 4.10. The number of halogens is 2. The van der Waals surface area contributed by atoms with Crippen molar-refractivity contribution >= 4 is 44.9 Å². The van der Waals surface area contributed by atoms with Gasteiger partial charge in [-0.3, -0.25) is 0 Å². The lowest BCUT2D eigenvalue weighted by Gasteiger charge is -2.12. The summed E-state index contributed by atoms with van der Waals surface area (Å²) < 4.78 is 0.870. The number of aryl methyl sites for hydroxylation is 1. The molecule has 0 unspecified atom stereocenters. The maximum Gasteiger partial charge on any atom is 0.139 e. The number of anilines is 3. The van der Waals surface area contributed by atoms with E-state index in [0.717, 1.165) is 28.0 Å². The molecule has 100 valence electrons. The van der Waals surface area contributed by atoms with Gasteiger partial charge in [0, 0.05) is 21.5 Å². The van der Waals surface area contributed by atoms with Crippen LogP contribution in [0.25, 0.3) is 0 Å². The summed E-state index contributed by atoms with van der Waals surface area (Å²) in [5.74, 6) is 1.93. The van der Waals surface area contributed by atoms with Crippen LogP contribution in [-0.2, 0) is 6.42 Å². The van der Waals surface area contributed by atoms with Crippen LogP contribution in [0.5, 0.6) is 0 Å². The van der Waals surface area contributed by atoms with Crippen molar-refractivity contribution < 1.29 is 0 Å². The Hall–Kier alpha value is -1.33. The number of aromatic nitrogens is 2. The third kappa shape index (κ3) is 3.16. The second kappa shape index (κ2) is 5.75. The molecule has 0 aliphatic rings. The molecule has 0 fully saturated rings. The van der Waals surface area contributed by atoms with Crippen LogP contribution in [-0.4, -0.2) is 9.97 Å². The summed E-state index contributed by atoms with van der Waals surface area (Å²) in [6, 6.07) is 5.52. The lowest BCUT2D eigenvalue weighted by Crippen LogP contribution is -2.06. The van der Waals surface area contributed by atoms with Crippen LogP contribution in [0.4, 0.5) is 17.3 Å². The first-order valence-corrected chi connectivity index (χ1v) is 7.03. The Morgan fingerprint density at radius 3 is 2.74 bits per heavy atom. The predicted molar refractivity (Wildman–Crippen MR) is 83.0 cm³/mol. The van der Waals surface area contributed by atoms with E-state index in [0.29, 0.717) is 16.7 Å². The number of nitrogens with one attached hydrogen (secondary N) is 1. The van der Waals surface area contributed by atoms with Gasteiger partial charge in [-0.05, 0) is 41.1 Å². The molecule has 0 aliphatic carbocycles. The highest BCUT2D eigenvalue weighted by molar-refractivity contribution is 9.10. The summed E-state index contributed by atoms with van der Waals surface area (Å²) in [5, 5.41) is 3.92. The monoisotopic (exact) mass is 340 g/mol. The Kier molecular flexibility index (Phi) is 4.27. The van der Waals surface area contributed by atoms with Crippen molar-refractivity contribution in [1.82, 2.24) is 9.97 Å². The van der Waals surface area contributed by atoms with Crippen molar-refractivity contribution in [1.29, 1.82) is 0 Å². The van der Waals surface area contributed by atoms with Gasteiger partial charge in [0.2, 0.25) is 0 Å². The Bertz CT molecular complexity index is 616. The molecule has 1 aromatic heterocycles. The maximum absolute atomic E-state index is 5.92. The molecule has 6 heteroatoms. The third-order valence-electron chi connectivity index (χ3n) is 2.73. The van der Waals surface area contributed by atoms with Crippen LogP contribution in [0.3, 0.4) is 0 Å². The summed E-state index contributed by atoms with van der Waals surface area (Å²) in [5.41, 5.74) is 7.60. The molecule has 0 bridgehead atoms. The van der Waals surface area contributed by atoms with Crippen molar-refractivity contribution in [3.05, 3.63) is 39.1 Å². The molecule has 0 spiro atoms. The van der Waals surface area contributed by atoms with Crippen molar-refractivity contribution in [2.24, 2.45) is 0 Å². The van der Waals surface area contributed by atoms with Gasteiger partial charge in [-0.15, -0.1) is 0 Å². The van der Waals surface area contributed by atoms with Gasteiger partial charge in [0.15, 0.2) is 0 Å². The van der Waals surface area contributed by atoms with Crippen LogP contribution >= 0.6 is 27.5 Å². The van der Waals surface area contributed by atoms with Gasteiger partial charge < -0.3 is 11.1 Å². The highest BCUT2D eigenvalue weighted by atomic mass is 79.9. The minimum absolute atomic E-state index is 0.499.